The normalized spacial score (nSPS) is 26.1. The van der Waals surface area contributed by atoms with Crippen molar-refractivity contribution in [3.05, 3.63) is 33.8 Å². The number of carbonyl (C=O) groups excluding carboxylic acids is 1. The van der Waals surface area contributed by atoms with Gasteiger partial charge in [-0.3, -0.25) is 4.79 Å². The number of likely N-dealkylation sites (tertiary alicyclic amines) is 1. The molecule has 0 radical (unpaired) electrons. The summed E-state index contributed by atoms with van der Waals surface area (Å²) in [5.74, 6) is 0.0454. The fourth-order valence-corrected chi connectivity index (χ4v) is 4.15. The van der Waals surface area contributed by atoms with E-state index < -0.39 is 0 Å². The Morgan fingerprint density at radius 2 is 1.86 bits per heavy atom. The van der Waals surface area contributed by atoms with Crippen LogP contribution in [0, 0.1) is 5.41 Å². The largest absolute Gasteiger partial charge is 0.338 e. The lowest BCUT2D eigenvalue weighted by molar-refractivity contribution is 0.0434. The van der Waals surface area contributed by atoms with Crippen LogP contribution in [0.1, 0.15) is 36.0 Å². The molecule has 1 aromatic rings. The predicted molar refractivity (Wildman–Crippen MR) is 86.1 cm³/mol. The SMILES string of the molecule is O=C(c1cc(Cl)cc(Cl)c1)N1CCCC2(CCCNC2)C1. The first-order valence-electron chi connectivity index (χ1n) is 7.54. The molecule has 0 saturated carbocycles. The Bertz CT molecular complexity index is 515. The summed E-state index contributed by atoms with van der Waals surface area (Å²) in [6, 6.07) is 5.06. The van der Waals surface area contributed by atoms with Crippen molar-refractivity contribution in [2.24, 2.45) is 5.41 Å². The van der Waals surface area contributed by atoms with Crippen molar-refractivity contribution in [1.29, 1.82) is 0 Å². The highest BCUT2D eigenvalue weighted by Crippen LogP contribution is 2.36. The lowest BCUT2D eigenvalue weighted by Gasteiger charge is -2.45. The molecule has 0 bridgehead atoms. The molecule has 2 aliphatic rings. The molecule has 3 rings (SSSR count). The highest BCUT2D eigenvalue weighted by Gasteiger charge is 2.38. The smallest absolute Gasteiger partial charge is 0.253 e. The van der Waals surface area contributed by atoms with Gasteiger partial charge in [-0.15, -0.1) is 0 Å². The first-order valence-corrected chi connectivity index (χ1v) is 8.30. The van der Waals surface area contributed by atoms with Crippen LogP contribution >= 0.6 is 23.2 Å². The maximum Gasteiger partial charge on any atom is 0.253 e. The van der Waals surface area contributed by atoms with E-state index in [0.717, 1.165) is 32.6 Å². The van der Waals surface area contributed by atoms with Gasteiger partial charge in [0.15, 0.2) is 0 Å². The van der Waals surface area contributed by atoms with Gasteiger partial charge in [-0.1, -0.05) is 23.2 Å². The van der Waals surface area contributed by atoms with Crippen molar-refractivity contribution in [3.63, 3.8) is 0 Å². The Hall–Kier alpha value is -0.770. The molecule has 1 unspecified atom stereocenters. The van der Waals surface area contributed by atoms with Gasteiger partial charge in [-0.25, -0.2) is 0 Å². The molecule has 2 heterocycles. The summed E-state index contributed by atoms with van der Waals surface area (Å²) in [5, 5.41) is 4.50. The summed E-state index contributed by atoms with van der Waals surface area (Å²) in [6.07, 6.45) is 4.69. The topological polar surface area (TPSA) is 32.3 Å². The van der Waals surface area contributed by atoms with Gasteiger partial charge < -0.3 is 10.2 Å². The average molecular weight is 327 g/mol. The molecule has 1 spiro atoms. The maximum absolute atomic E-state index is 12.7. The van der Waals surface area contributed by atoms with Crippen LogP contribution in [0.5, 0.6) is 0 Å². The highest BCUT2D eigenvalue weighted by atomic mass is 35.5. The van der Waals surface area contributed by atoms with Crippen molar-refractivity contribution < 1.29 is 4.79 Å². The molecule has 1 atom stereocenters. The number of hydrogen-bond donors (Lipinski definition) is 1. The quantitative estimate of drug-likeness (QED) is 0.855. The summed E-state index contributed by atoms with van der Waals surface area (Å²) in [4.78, 5) is 14.7. The maximum atomic E-state index is 12.7. The predicted octanol–water partition coefficient (Wildman–Crippen LogP) is 3.60. The third-order valence-corrected chi connectivity index (χ3v) is 5.06. The molecule has 1 N–H and O–H groups in total. The summed E-state index contributed by atoms with van der Waals surface area (Å²) in [6.45, 7) is 3.78. The lowest BCUT2D eigenvalue weighted by Crippen LogP contribution is -2.52. The Balaban J connectivity index is 1.77. The molecular formula is C16H20Cl2N2O. The third-order valence-electron chi connectivity index (χ3n) is 4.62. The van der Waals surface area contributed by atoms with Crippen LogP contribution in [0.25, 0.3) is 0 Å². The molecule has 114 valence electrons. The Morgan fingerprint density at radius 3 is 2.52 bits per heavy atom. The van der Waals surface area contributed by atoms with Crippen molar-refractivity contribution in [1.82, 2.24) is 10.2 Å². The van der Waals surface area contributed by atoms with E-state index in [9.17, 15) is 4.79 Å². The van der Waals surface area contributed by atoms with Crippen LogP contribution < -0.4 is 5.32 Å². The average Bonchev–Trinajstić information content (AvgIpc) is 2.46. The molecule has 3 nitrogen and oxygen atoms in total. The number of nitrogens with zero attached hydrogens (tertiary/aromatic N) is 1. The van der Waals surface area contributed by atoms with E-state index >= 15 is 0 Å². The Labute approximate surface area is 135 Å². The highest BCUT2D eigenvalue weighted by molar-refractivity contribution is 6.35. The van der Waals surface area contributed by atoms with Crippen LogP contribution in [0.2, 0.25) is 10.0 Å². The van der Waals surface area contributed by atoms with Gasteiger partial charge >= 0.3 is 0 Å². The molecule has 2 saturated heterocycles. The van der Waals surface area contributed by atoms with Crippen molar-refractivity contribution in [2.75, 3.05) is 26.2 Å². The van der Waals surface area contributed by atoms with Gasteiger partial charge in [-0.05, 0) is 50.4 Å². The van der Waals surface area contributed by atoms with Gasteiger partial charge in [0.05, 0.1) is 0 Å². The number of hydrogen-bond acceptors (Lipinski definition) is 2. The molecule has 5 heteroatoms. The summed E-state index contributed by atoms with van der Waals surface area (Å²) >= 11 is 12.0. The molecular weight excluding hydrogens is 307 g/mol. The molecule has 2 aliphatic heterocycles. The number of rotatable bonds is 1. The van der Waals surface area contributed by atoms with Crippen LogP contribution in [0.4, 0.5) is 0 Å². The van der Waals surface area contributed by atoms with E-state index in [1.165, 1.54) is 19.3 Å². The van der Waals surface area contributed by atoms with Crippen molar-refractivity contribution in [2.45, 2.75) is 25.7 Å². The minimum atomic E-state index is 0.0454. The van der Waals surface area contributed by atoms with Gasteiger partial charge in [-0.2, -0.15) is 0 Å². The second-order valence-corrected chi connectivity index (χ2v) is 7.14. The standard InChI is InChI=1S/C16H20Cl2N2O/c17-13-7-12(8-14(18)9-13)15(21)20-6-2-4-16(11-20)3-1-5-19-10-16/h7-9,19H,1-6,10-11H2. The Morgan fingerprint density at radius 1 is 1.14 bits per heavy atom. The molecule has 0 aromatic heterocycles. The van der Waals surface area contributed by atoms with Gasteiger partial charge in [0.1, 0.15) is 0 Å². The third kappa shape index (κ3) is 3.36. The Kier molecular flexibility index (Phi) is 4.43. The summed E-state index contributed by atoms with van der Waals surface area (Å²) < 4.78 is 0. The van der Waals surface area contributed by atoms with Crippen LogP contribution in [0.15, 0.2) is 18.2 Å². The van der Waals surface area contributed by atoms with E-state index in [0.29, 0.717) is 15.6 Å². The second kappa shape index (κ2) is 6.15. The molecule has 0 aliphatic carbocycles. The number of carbonyl (C=O) groups is 1. The second-order valence-electron chi connectivity index (χ2n) is 6.27. The number of benzene rings is 1. The summed E-state index contributed by atoms with van der Waals surface area (Å²) in [7, 11) is 0. The van der Waals surface area contributed by atoms with E-state index in [2.05, 4.69) is 5.32 Å². The number of amides is 1. The summed E-state index contributed by atoms with van der Waals surface area (Å²) in [5.41, 5.74) is 0.849. The molecule has 21 heavy (non-hydrogen) atoms. The van der Waals surface area contributed by atoms with Crippen LogP contribution in [-0.4, -0.2) is 37.0 Å². The molecule has 1 amide bonds. The zero-order valence-corrected chi connectivity index (χ0v) is 13.5. The van der Waals surface area contributed by atoms with Gasteiger partial charge in [0.25, 0.3) is 5.91 Å². The first-order chi connectivity index (χ1) is 10.1. The molecule has 2 fully saturated rings. The van der Waals surface area contributed by atoms with Crippen molar-refractivity contribution >= 4 is 29.1 Å². The lowest BCUT2D eigenvalue weighted by atomic mass is 9.74. The monoisotopic (exact) mass is 326 g/mol. The zero-order chi connectivity index (χ0) is 14.9. The first kappa shape index (κ1) is 15.1. The van der Waals surface area contributed by atoms with Crippen molar-refractivity contribution in [3.8, 4) is 0 Å². The van der Waals surface area contributed by atoms with Crippen LogP contribution in [-0.2, 0) is 0 Å². The molecule has 1 aromatic carbocycles. The number of nitrogens with one attached hydrogen (secondary N) is 1. The van der Waals surface area contributed by atoms with E-state index in [1.54, 1.807) is 18.2 Å². The minimum absolute atomic E-state index is 0.0454. The van der Waals surface area contributed by atoms with Crippen LogP contribution in [0.3, 0.4) is 0 Å². The number of piperidine rings is 2. The minimum Gasteiger partial charge on any atom is -0.338 e. The van der Waals surface area contributed by atoms with Gasteiger partial charge in [0, 0.05) is 40.7 Å². The fraction of sp³-hybridized carbons (Fsp3) is 0.562. The number of halogens is 2. The van der Waals surface area contributed by atoms with E-state index in [-0.39, 0.29) is 11.3 Å². The van der Waals surface area contributed by atoms with E-state index in [4.69, 9.17) is 23.2 Å². The fourth-order valence-electron chi connectivity index (χ4n) is 3.62. The zero-order valence-electron chi connectivity index (χ0n) is 12.0. The van der Waals surface area contributed by atoms with E-state index in [1.807, 2.05) is 4.90 Å². The van der Waals surface area contributed by atoms with Gasteiger partial charge in [0.2, 0.25) is 0 Å².